The topological polar surface area (TPSA) is 85.7 Å². The summed E-state index contributed by atoms with van der Waals surface area (Å²) in [5, 5.41) is 1.17. The number of hydrogen-bond donors (Lipinski definition) is 0. The quantitative estimate of drug-likeness (QED) is 0.469. The largest absolute Gasteiger partial charge is 0.465 e. The van der Waals surface area contributed by atoms with Gasteiger partial charge in [0.15, 0.2) is 0 Å². The van der Waals surface area contributed by atoms with Crippen LogP contribution in [0.4, 0.5) is 0 Å². The number of benzene rings is 2. The molecule has 0 unspecified atom stereocenters. The maximum Gasteiger partial charge on any atom is 0.340 e. The van der Waals surface area contributed by atoms with Gasteiger partial charge in [0.1, 0.15) is 0 Å². The van der Waals surface area contributed by atoms with Crippen molar-refractivity contribution < 1.29 is 22.7 Å². The minimum absolute atomic E-state index is 0.0449. The van der Waals surface area contributed by atoms with Crippen molar-refractivity contribution in [1.29, 1.82) is 0 Å². The van der Waals surface area contributed by atoms with E-state index in [0.29, 0.717) is 35.9 Å². The molecule has 0 spiro atoms. The van der Waals surface area contributed by atoms with Crippen LogP contribution in [0.25, 0.3) is 10.9 Å². The number of para-hydroxylation sites is 1. The second-order valence-corrected chi connectivity index (χ2v) is 10.7. The molecule has 2 aromatic carbocycles. The Labute approximate surface area is 201 Å². The van der Waals surface area contributed by atoms with Crippen LogP contribution >= 0.6 is 23.2 Å². The van der Waals surface area contributed by atoms with Crippen LogP contribution in [0.5, 0.6) is 0 Å². The summed E-state index contributed by atoms with van der Waals surface area (Å²) in [7, 11) is -2.47. The molecule has 174 valence electrons. The number of nitrogens with zero attached hydrogens (tertiary/aromatic N) is 2. The molecule has 2 heterocycles. The van der Waals surface area contributed by atoms with E-state index >= 15 is 0 Å². The molecular formula is C23H22Cl2N2O5S. The first-order chi connectivity index (χ1) is 15.7. The molecule has 0 radical (unpaired) electrons. The van der Waals surface area contributed by atoms with Crippen molar-refractivity contribution in [2.45, 2.75) is 18.6 Å². The summed E-state index contributed by atoms with van der Waals surface area (Å²) in [5.41, 5.74) is 1.20. The van der Waals surface area contributed by atoms with Gasteiger partial charge in [-0.1, -0.05) is 47.5 Å². The maximum absolute atomic E-state index is 13.4. The van der Waals surface area contributed by atoms with Gasteiger partial charge in [-0.2, -0.15) is 0 Å². The van der Waals surface area contributed by atoms with Crippen molar-refractivity contribution >= 4 is 56.0 Å². The van der Waals surface area contributed by atoms with E-state index in [1.54, 1.807) is 42.5 Å². The molecule has 1 fully saturated rings. The number of methoxy groups -OCH3 is 1. The maximum atomic E-state index is 13.4. The molecule has 0 saturated carbocycles. The summed E-state index contributed by atoms with van der Waals surface area (Å²) >= 11 is 12.3. The molecule has 0 aliphatic carbocycles. The molecule has 0 N–H and O–H groups in total. The Morgan fingerprint density at radius 2 is 1.79 bits per heavy atom. The average Bonchev–Trinajstić information content (AvgIpc) is 3.20. The van der Waals surface area contributed by atoms with E-state index in [4.69, 9.17) is 27.9 Å². The van der Waals surface area contributed by atoms with Crippen LogP contribution < -0.4 is 0 Å². The average molecular weight is 509 g/mol. The third kappa shape index (κ3) is 4.66. The number of fused-ring (bicyclic) bond motifs is 1. The monoisotopic (exact) mass is 508 g/mol. The first kappa shape index (κ1) is 23.8. The van der Waals surface area contributed by atoms with E-state index in [1.165, 1.54) is 22.2 Å². The molecule has 0 bridgehead atoms. The summed E-state index contributed by atoms with van der Waals surface area (Å²) in [6, 6.07) is 11.9. The number of rotatable bonds is 5. The number of hydrogen-bond acceptors (Lipinski definition) is 5. The van der Waals surface area contributed by atoms with Gasteiger partial charge in [0, 0.05) is 40.3 Å². The van der Waals surface area contributed by atoms with E-state index in [9.17, 15) is 18.0 Å². The van der Waals surface area contributed by atoms with Gasteiger partial charge < -0.3 is 4.74 Å². The molecule has 33 heavy (non-hydrogen) atoms. The van der Waals surface area contributed by atoms with Crippen LogP contribution in [-0.2, 0) is 20.5 Å². The van der Waals surface area contributed by atoms with Gasteiger partial charge in [0.25, 0.3) is 0 Å². The van der Waals surface area contributed by atoms with E-state index in [0.717, 1.165) is 0 Å². The molecule has 3 aromatic rings. The number of halogens is 2. The van der Waals surface area contributed by atoms with Crippen LogP contribution in [0.2, 0.25) is 10.0 Å². The number of aromatic nitrogens is 1. The number of ether oxygens (including phenoxy) is 1. The predicted molar refractivity (Wildman–Crippen MR) is 127 cm³/mol. The van der Waals surface area contributed by atoms with E-state index < -0.39 is 21.9 Å². The van der Waals surface area contributed by atoms with Crippen molar-refractivity contribution in [3.8, 4) is 0 Å². The van der Waals surface area contributed by atoms with Gasteiger partial charge in [-0.15, -0.1) is 0 Å². The highest BCUT2D eigenvalue weighted by Gasteiger charge is 2.34. The smallest absolute Gasteiger partial charge is 0.340 e. The fourth-order valence-electron chi connectivity index (χ4n) is 4.17. The number of carbonyl (C=O) groups is 2. The zero-order valence-corrected chi connectivity index (χ0v) is 20.2. The normalized spacial score (nSPS) is 17.2. The molecule has 7 nitrogen and oxygen atoms in total. The Bertz CT molecular complexity index is 1320. The molecule has 1 aliphatic rings. The predicted octanol–water partition coefficient (Wildman–Crippen LogP) is 4.62. The van der Waals surface area contributed by atoms with Gasteiger partial charge in [-0.25, -0.2) is 17.5 Å². The van der Waals surface area contributed by atoms with Crippen LogP contribution in [0.15, 0.2) is 48.7 Å². The van der Waals surface area contributed by atoms with Crippen molar-refractivity contribution in [3.05, 3.63) is 69.8 Å². The lowest BCUT2D eigenvalue weighted by Crippen LogP contribution is -2.43. The summed E-state index contributed by atoms with van der Waals surface area (Å²) in [6.07, 6.45) is 2.54. The highest BCUT2D eigenvalue weighted by Crippen LogP contribution is 2.30. The minimum atomic E-state index is -3.76. The first-order valence-electron chi connectivity index (χ1n) is 10.4. The fraction of sp³-hybridized carbons (Fsp3) is 0.304. The Morgan fingerprint density at radius 3 is 2.48 bits per heavy atom. The summed E-state index contributed by atoms with van der Waals surface area (Å²) in [5.74, 6) is -1.71. The van der Waals surface area contributed by atoms with E-state index in [1.807, 2.05) is 0 Å². The first-order valence-corrected chi connectivity index (χ1v) is 12.7. The molecule has 0 amide bonds. The molecule has 1 aromatic heterocycles. The number of sulfonamides is 1. The van der Waals surface area contributed by atoms with Gasteiger partial charge in [0.2, 0.25) is 15.9 Å². The third-order valence-corrected chi connectivity index (χ3v) is 8.35. The van der Waals surface area contributed by atoms with Crippen molar-refractivity contribution in [3.63, 3.8) is 0 Å². The highest BCUT2D eigenvalue weighted by atomic mass is 35.5. The lowest BCUT2D eigenvalue weighted by molar-refractivity contribution is 0.0603. The van der Waals surface area contributed by atoms with Gasteiger partial charge in [0.05, 0.1) is 29.9 Å². The second-order valence-electron chi connectivity index (χ2n) is 7.91. The lowest BCUT2D eigenvalue weighted by atomic mass is 9.98. The zero-order valence-electron chi connectivity index (χ0n) is 17.8. The number of esters is 1. The summed E-state index contributed by atoms with van der Waals surface area (Å²) in [4.78, 5) is 25.6. The second kappa shape index (κ2) is 9.46. The van der Waals surface area contributed by atoms with Crippen molar-refractivity contribution in [2.75, 3.05) is 20.2 Å². The van der Waals surface area contributed by atoms with Crippen LogP contribution in [0, 0.1) is 5.92 Å². The van der Waals surface area contributed by atoms with Crippen molar-refractivity contribution in [1.82, 2.24) is 8.87 Å². The summed E-state index contributed by atoms with van der Waals surface area (Å²) < 4.78 is 33.9. The lowest BCUT2D eigenvalue weighted by Gasteiger charge is -2.31. The number of carbonyl (C=O) groups excluding carboxylic acids is 2. The van der Waals surface area contributed by atoms with Crippen LogP contribution in [0.3, 0.4) is 0 Å². The molecule has 1 aliphatic heterocycles. The SMILES string of the molecule is COC(=O)c1cn(C(=O)[C@H]2CCCN(S(=O)(=O)Cc3c(Cl)cccc3Cl)C2)c2ccccc12. The standard InChI is InChI=1S/C23H22Cl2N2O5S/c1-32-23(29)17-13-27(21-10-3-2-7-16(17)21)22(28)15-6-5-11-26(12-15)33(30,31)14-18-19(24)8-4-9-20(18)25/h2-4,7-10,13,15H,5-6,11-12,14H2,1H3/t15-/m0/s1. The Balaban J connectivity index is 1.60. The number of piperidine rings is 1. The molecule has 1 saturated heterocycles. The Kier molecular flexibility index (Phi) is 6.81. The van der Waals surface area contributed by atoms with Crippen LogP contribution in [0.1, 0.15) is 33.6 Å². The van der Waals surface area contributed by atoms with Gasteiger partial charge in [-0.3, -0.25) is 9.36 Å². The molecule has 4 rings (SSSR count). The molecule has 1 atom stereocenters. The molecule has 10 heteroatoms. The van der Waals surface area contributed by atoms with E-state index in [-0.39, 0.29) is 33.8 Å². The van der Waals surface area contributed by atoms with Gasteiger partial charge >= 0.3 is 5.97 Å². The van der Waals surface area contributed by atoms with Crippen LogP contribution in [-0.4, -0.2) is 49.4 Å². The highest BCUT2D eigenvalue weighted by molar-refractivity contribution is 7.88. The Morgan fingerprint density at radius 1 is 1.09 bits per heavy atom. The Hall–Kier alpha value is -2.39. The van der Waals surface area contributed by atoms with Crippen molar-refractivity contribution in [2.24, 2.45) is 5.92 Å². The van der Waals surface area contributed by atoms with Gasteiger partial charge in [-0.05, 0) is 31.0 Å². The summed E-state index contributed by atoms with van der Waals surface area (Å²) in [6.45, 7) is 0.358. The van der Waals surface area contributed by atoms with E-state index in [2.05, 4.69) is 0 Å². The third-order valence-electron chi connectivity index (χ3n) is 5.87. The zero-order chi connectivity index (χ0) is 23.8. The molecular weight excluding hydrogens is 487 g/mol. The fourth-order valence-corrected chi connectivity index (χ4v) is 6.53. The minimum Gasteiger partial charge on any atom is -0.465 e.